The molecule has 0 amide bonds. The third kappa shape index (κ3) is 4.36. The molecule has 0 radical (unpaired) electrons. The molecule has 1 saturated carbocycles. The Hall–Kier alpha value is -0.780. The molecular weight excluding hydrogens is 271 g/mol. The highest BCUT2D eigenvalue weighted by Gasteiger charge is 2.46. The van der Waals surface area contributed by atoms with Gasteiger partial charge in [-0.1, -0.05) is 33.1 Å². The molecular formula is C14H24F3NO2. The zero-order chi connectivity index (χ0) is 15.3. The van der Waals surface area contributed by atoms with E-state index in [4.69, 9.17) is 4.74 Å². The van der Waals surface area contributed by atoms with Gasteiger partial charge in [-0.3, -0.25) is 4.79 Å². The summed E-state index contributed by atoms with van der Waals surface area (Å²) in [7, 11) is 1.27. The molecule has 1 aliphatic rings. The van der Waals surface area contributed by atoms with Crippen LogP contribution in [0, 0.1) is 11.8 Å². The number of hydrogen-bond acceptors (Lipinski definition) is 3. The average molecular weight is 295 g/mol. The van der Waals surface area contributed by atoms with Crippen LogP contribution in [0.2, 0.25) is 0 Å². The summed E-state index contributed by atoms with van der Waals surface area (Å²) in [6, 6.07) is -1.36. The molecule has 1 fully saturated rings. The number of carbonyl (C=O) groups excluding carboxylic acids is 1. The summed E-state index contributed by atoms with van der Waals surface area (Å²) in [4.78, 5) is 11.8. The van der Waals surface area contributed by atoms with Gasteiger partial charge < -0.3 is 10.1 Å². The SMILES string of the molecule is CCC(C)C(NC1CCCCC1C(F)(F)F)C(=O)OC. The third-order valence-corrected chi connectivity index (χ3v) is 4.25. The van der Waals surface area contributed by atoms with E-state index in [1.165, 1.54) is 7.11 Å². The van der Waals surface area contributed by atoms with Gasteiger partial charge >= 0.3 is 12.1 Å². The fourth-order valence-corrected chi connectivity index (χ4v) is 2.78. The molecule has 1 aliphatic carbocycles. The molecule has 0 heterocycles. The van der Waals surface area contributed by atoms with E-state index in [0.29, 0.717) is 19.3 Å². The van der Waals surface area contributed by atoms with Crippen LogP contribution < -0.4 is 5.32 Å². The van der Waals surface area contributed by atoms with Gasteiger partial charge in [0.25, 0.3) is 0 Å². The number of esters is 1. The van der Waals surface area contributed by atoms with Crippen molar-refractivity contribution in [2.24, 2.45) is 11.8 Å². The van der Waals surface area contributed by atoms with E-state index in [2.05, 4.69) is 5.32 Å². The second-order valence-electron chi connectivity index (χ2n) is 5.59. The van der Waals surface area contributed by atoms with Gasteiger partial charge in [-0.2, -0.15) is 13.2 Å². The maximum atomic E-state index is 13.1. The minimum atomic E-state index is -4.21. The van der Waals surface area contributed by atoms with Crippen LogP contribution in [-0.4, -0.2) is 31.3 Å². The first-order valence-electron chi connectivity index (χ1n) is 7.21. The number of ether oxygens (including phenoxy) is 1. The van der Waals surface area contributed by atoms with E-state index in [1.54, 1.807) is 0 Å². The lowest BCUT2D eigenvalue weighted by molar-refractivity contribution is -0.190. The van der Waals surface area contributed by atoms with Crippen LogP contribution >= 0.6 is 0 Å². The topological polar surface area (TPSA) is 38.3 Å². The lowest BCUT2D eigenvalue weighted by Crippen LogP contribution is -2.53. The van der Waals surface area contributed by atoms with E-state index in [9.17, 15) is 18.0 Å². The molecule has 4 unspecified atom stereocenters. The summed E-state index contributed by atoms with van der Waals surface area (Å²) in [5.41, 5.74) is 0. The summed E-state index contributed by atoms with van der Waals surface area (Å²) in [5, 5.41) is 2.92. The first kappa shape index (κ1) is 17.3. The van der Waals surface area contributed by atoms with Crippen molar-refractivity contribution < 1.29 is 22.7 Å². The molecule has 3 nitrogen and oxygen atoms in total. The predicted molar refractivity (Wildman–Crippen MR) is 70.2 cm³/mol. The molecule has 1 N–H and O–H groups in total. The molecule has 4 atom stereocenters. The number of nitrogens with one attached hydrogen (secondary N) is 1. The lowest BCUT2D eigenvalue weighted by atomic mass is 9.83. The molecule has 20 heavy (non-hydrogen) atoms. The van der Waals surface area contributed by atoms with Crippen LogP contribution in [0.25, 0.3) is 0 Å². The fourth-order valence-electron chi connectivity index (χ4n) is 2.78. The first-order valence-corrected chi connectivity index (χ1v) is 7.21. The monoisotopic (exact) mass is 295 g/mol. The zero-order valence-electron chi connectivity index (χ0n) is 12.3. The van der Waals surface area contributed by atoms with Crippen molar-refractivity contribution in [3.05, 3.63) is 0 Å². The molecule has 0 saturated heterocycles. The molecule has 0 aromatic rings. The van der Waals surface area contributed by atoms with Crippen LogP contribution in [0.3, 0.4) is 0 Å². The molecule has 118 valence electrons. The van der Waals surface area contributed by atoms with E-state index >= 15 is 0 Å². The van der Waals surface area contributed by atoms with Crippen LogP contribution in [0.4, 0.5) is 13.2 Å². The molecule has 6 heteroatoms. The minimum Gasteiger partial charge on any atom is -0.468 e. The van der Waals surface area contributed by atoms with Gasteiger partial charge in [-0.15, -0.1) is 0 Å². The van der Waals surface area contributed by atoms with Crippen molar-refractivity contribution in [1.29, 1.82) is 0 Å². The Kier molecular flexibility index (Phi) is 6.30. The van der Waals surface area contributed by atoms with Gasteiger partial charge in [0.1, 0.15) is 6.04 Å². The molecule has 1 rings (SSSR count). The maximum Gasteiger partial charge on any atom is 0.393 e. The Morgan fingerprint density at radius 2 is 1.95 bits per heavy atom. The van der Waals surface area contributed by atoms with Crippen molar-refractivity contribution in [1.82, 2.24) is 5.32 Å². The van der Waals surface area contributed by atoms with Gasteiger partial charge in [0.2, 0.25) is 0 Å². The van der Waals surface area contributed by atoms with Gasteiger partial charge in [-0.25, -0.2) is 0 Å². The summed E-state index contributed by atoms with van der Waals surface area (Å²) < 4.78 is 43.9. The van der Waals surface area contributed by atoms with Crippen molar-refractivity contribution in [3.8, 4) is 0 Å². The van der Waals surface area contributed by atoms with E-state index in [-0.39, 0.29) is 12.3 Å². The first-order chi connectivity index (χ1) is 9.31. The van der Waals surface area contributed by atoms with Gasteiger partial charge in [-0.05, 0) is 18.8 Å². The molecule has 0 aromatic heterocycles. The van der Waals surface area contributed by atoms with E-state index < -0.39 is 30.1 Å². The highest BCUT2D eigenvalue weighted by Crippen LogP contribution is 2.38. The zero-order valence-corrected chi connectivity index (χ0v) is 12.3. The number of carbonyl (C=O) groups is 1. The van der Waals surface area contributed by atoms with E-state index in [1.807, 2.05) is 13.8 Å². The van der Waals surface area contributed by atoms with Crippen molar-refractivity contribution in [2.45, 2.75) is 64.2 Å². The highest BCUT2D eigenvalue weighted by atomic mass is 19.4. The predicted octanol–water partition coefficient (Wildman–Crippen LogP) is 3.28. The number of rotatable bonds is 5. The lowest BCUT2D eigenvalue weighted by Gasteiger charge is -2.36. The quantitative estimate of drug-likeness (QED) is 0.791. The van der Waals surface area contributed by atoms with Gasteiger partial charge in [0.05, 0.1) is 13.0 Å². The standard InChI is InChI=1S/C14H24F3NO2/c1-4-9(2)12(13(19)20-3)18-11-8-6-5-7-10(11)14(15,16)17/h9-12,18H,4-8H2,1-3H3. The van der Waals surface area contributed by atoms with Crippen LogP contribution in [-0.2, 0) is 9.53 Å². The molecule has 0 aromatic carbocycles. The molecule has 0 aliphatic heterocycles. The minimum absolute atomic E-state index is 0.0572. The summed E-state index contributed by atoms with van der Waals surface area (Å²) in [6.45, 7) is 3.75. The summed E-state index contributed by atoms with van der Waals surface area (Å²) >= 11 is 0. The smallest absolute Gasteiger partial charge is 0.393 e. The van der Waals surface area contributed by atoms with Crippen LogP contribution in [0.15, 0.2) is 0 Å². The van der Waals surface area contributed by atoms with E-state index in [0.717, 1.165) is 6.42 Å². The Labute approximate surface area is 118 Å². The maximum absolute atomic E-state index is 13.1. The third-order valence-electron chi connectivity index (χ3n) is 4.25. The second-order valence-corrected chi connectivity index (χ2v) is 5.59. The molecule has 0 bridgehead atoms. The fraction of sp³-hybridized carbons (Fsp3) is 0.929. The normalized spacial score (nSPS) is 26.9. The van der Waals surface area contributed by atoms with Crippen molar-refractivity contribution in [2.75, 3.05) is 7.11 Å². The largest absolute Gasteiger partial charge is 0.468 e. The molecule has 0 spiro atoms. The Morgan fingerprint density at radius 3 is 2.45 bits per heavy atom. The number of hydrogen-bond donors (Lipinski definition) is 1. The Bertz CT molecular complexity index is 320. The van der Waals surface area contributed by atoms with Crippen molar-refractivity contribution in [3.63, 3.8) is 0 Å². The number of alkyl halides is 3. The summed E-state index contributed by atoms with van der Waals surface area (Å²) in [6.07, 6.45) is -1.57. The highest BCUT2D eigenvalue weighted by molar-refractivity contribution is 5.76. The van der Waals surface area contributed by atoms with Crippen molar-refractivity contribution >= 4 is 5.97 Å². The Morgan fingerprint density at radius 1 is 1.35 bits per heavy atom. The van der Waals surface area contributed by atoms with Crippen LogP contribution in [0.5, 0.6) is 0 Å². The van der Waals surface area contributed by atoms with Crippen LogP contribution in [0.1, 0.15) is 46.0 Å². The van der Waals surface area contributed by atoms with Gasteiger partial charge in [0, 0.05) is 6.04 Å². The summed E-state index contributed by atoms with van der Waals surface area (Å²) in [5.74, 6) is -1.91. The second kappa shape index (κ2) is 7.29. The Balaban J connectivity index is 2.81. The number of halogens is 3. The number of methoxy groups -OCH3 is 1. The van der Waals surface area contributed by atoms with Gasteiger partial charge in [0.15, 0.2) is 0 Å². The average Bonchev–Trinajstić information content (AvgIpc) is 2.42.